The van der Waals surface area contributed by atoms with Gasteiger partial charge in [0.25, 0.3) is 0 Å². The maximum atomic E-state index is 12.3. The molecule has 3 heterocycles. The lowest BCUT2D eigenvalue weighted by Gasteiger charge is -2.24. The van der Waals surface area contributed by atoms with Crippen molar-refractivity contribution in [3.8, 4) is 5.75 Å². The van der Waals surface area contributed by atoms with E-state index < -0.39 is 5.60 Å². The molecule has 1 atom stereocenters. The Balaban J connectivity index is 1.83. The Morgan fingerprint density at radius 3 is 2.83 bits per heavy atom. The molecule has 1 unspecified atom stereocenters. The minimum atomic E-state index is -0.537. The molecule has 0 aliphatic carbocycles. The van der Waals surface area contributed by atoms with E-state index in [0.29, 0.717) is 36.4 Å². The molecule has 0 aromatic carbocycles. The molecule has 0 bridgehead atoms. The number of methoxy groups -OCH3 is 1. The Kier molecular flexibility index (Phi) is 3.98. The van der Waals surface area contributed by atoms with Crippen molar-refractivity contribution in [3.05, 3.63) is 22.7 Å². The molecule has 0 spiro atoms. The average Bonchev–Trinajstić information content (AvgIpc) is 3.07. The highest BCUT2D eigenvalue weighted by Crippen LogP contribution is 2.25. The third kappa shape index (κ3) is 3.08. The molecule has 0 saturated carbocycles. The normalized spacial score (nSPS) is 18.2. The molecule has 1 amide bonds. The zero-order valence-electron chi connectivity index (χ0n) is 14.3. The molecule has 3 rings (SSSR count). The SMILES string of the molecule is COc1cnc2c(c1)[nH]c(=O)n2C1CCN(C(=O)OC(C)(C)C)C1. The number of carbonyl (C=O) groups excluding carboxylic acids is 1. The summed E-state index contributed by atoms with van der Waals surface area (Å²) >= 11 is 0. The van der Waals surface area contributed by atoms with Gasteiger partial charge in [-0.05, 0) is 27.2 Å². The van der Waals surface area contributed by atoms with Crippen LogP contribution < -0.4 is 10.4 Å². The molecule has 8 nitrogen and oxygen atoms in total. The van der Waals surface area contributed by atoms with Crippen molar-refractivity contribution in [2.45, 2.75) is 38.8 Å². The number of likely N-dealkylation sites (tertiary alicyclic amines) is 1. The number of nitrogens with one attached hydrogen (secondary N) is 1. The number of rotatable bonds is 2. The summed E-state index contributed by atoms with van der Waals surface area (Å²) in [4.78, 5) is 33.2. The molecule has 8 heteroatoms. The van der Waals surface area contributed by atoms with Gasteiger partial charge in [0.1, 0.15) is 11.4 Å². The van der Waals surface area contributed by atoms with Crippen LogP contribution in [0.5, 0.6) is 5.75 Å². The van der Waals surface area contributed by atoms with E-state index in [4.69, 9.17) is 9.47 Å². The summed E-state index contributed by atoms with van der Waals surface area (Å²) in [6.07, 6.45) is 1.90. The van der Waals surface area contributed by atoms with Crippen LogP contribution in [0.2, 0.25) is 0 Å². The fraction of sp³-hybridized carbons (Fsp3) is 0.562. The largest absolute Gasteiger partial charge is 0.495 e. The van der Waals surface area contributed by atoms with E-state index in [2.05, 4.69) is 9.97 Å². The smallest absolute Gasteiger partial charge is 0.410 e. The van der Waals surface area contributed by atoms with Gasteiger partial charge >= 0.3 is 11.8 Å². The Hall–Kier alpha value is -2.51. The maximum absolute atomic E-state index is 12.3. The summed E-state index contributed by atoms with van der Waals surface area (Å²) in [6.45, 7) is 6.48. The number of H-pyrrole nitrogens is 1. The molecule has 1 aliphatic rings. The monoisotopic (exact) mass is 334 g/mol. The summed E-state index contributed by atoms with van der Waals surface area (Å²) in [5.41, 5.74) is 0.416. The van der Waals surface area contributed by atoms with Gasteiger partial charge in [0, 0.05) is 19.2 Å². The number of amides is 1. The van der Waals surface area contributed by atoms with Crippen LogP contribution in [-0.4, -0.2) is 51.3 Å². The van der Waals surface area contributed by atoms with Gasteiger partial charge in [-0.1, -0.05) is 0 Å². The van der Waals surface area contributed by atoms with Crippen LogP contribution in [0.4, 0.5) is 4.79 Å². The molecule has 2 aromatic rings. The third-order valence-electron chi connectivity index (χ3n) is 3.95. The summed E-state index contributed by atoms with van der Waals surface area (Å²) < 4.78 is 12.1. The first-order valence-corrected chi connectivity index (χ1v) is 7.90. The van der Waals surface area contributed by atoms with Gasteiger partial charge in [0.15, 0.2) is 5.65 Å². The lowest BCUT2D eigenvalue weighted by molar-refractivity contribution is 0.0289. The minimum Gasteiger partial charge on any atom is -0.495 e. The number of aromatic nitrogens is 3. The summed E-state index contributed by atoms with van der Waals surface area (Å²) in [5.74, 6) is 0.581. The van der Waals surface area contributed by atoms with Gasteiger partial charge in [0.05, 0.1) is 24.9 Å². The zero-order chi connectivity index (χ0) is 17.5. The van der Waals surface area contributed by atoms with Gasteiger partial charge in [-0.2, -0.15) is 0 Å². The Morgan fingerprint density at radius 2 is 2.17 bits per heavy atom. The van der Waals surface area contributed by atoms with Crippen LogP contribution in [0.3, 0.4) is 0 Å². The van der Waals surface area contributed by atoms with Gasteiger partial charge in [0.2, 0.25) is 0 Å². The summed E-state index contributed by atoms with van der Waals surface area (Å²) in [7, 11) is 1.55. The maximum Gasteiger partial charge on any atom is 0.410 e. The van der Waals surface area contributed by atoms with Gasteiger partial charge < -0.3 is 19.4 Å². The third-order valence-corrected chi connectivity index (χ3v) is 3.95. The van der Waals surface area contributed by atoms with Crippen LogP contribution in [-0.2, 0) is 4.74 Å². The van der Waals surface area contributed by atoms with Gasteiger partial charge in [-0.25, -0.2) is 14.6 Å². The van der Waals surface area contributed by atoms with Crippen molar-refractivity contribution in [2.24, 2.45) is 0 Å². The second-order valence-corrected chi connectivity index (χ2v) is 6.92. The Bertz CT molecular complexity index is 818. The van der Waals surface area contributed by atoms with E-state index in [1.165, 1.54) is 0 Å². The topological polar surface area (TPSA) is 89.5 Å². The van der Waals surface area contributed by atoms with Gasteiger partial charge in [-0.3, -0.25) is 4.57 Å². The highest BCUT2D eigenvalue weighted by molar-refractivity contribution is 5.72. The van der Waals surface area contributed by atoms with E-state index in [-0.39, 0.29) is 17.8 Å². The van der Waals surface area contributed by atoms with E-state index in [1.54, 1.807) is 28.8 Å². The van der Waals surface area contributed by atoms with Crippen molar-refractivity contribution in [1.82, 2.24) is 19.4 Å². The van der Waals surface area contributed by atoms with E-state index >= 15 is 0 Å². The number of ether oxygens (including phenoxy) is 2. The van der Waals surface area contributed by atoms with Crippen molar-refractivity contribution >= 4 is 17.3 Å². The van der Waals surface area contributed by atoms with Crippen LogP contribution in [0.25, 0.3) is 11.2 Å². The standard InChI is InChI=1S/C16H22N4O4/c1-16(2,3)24-15(22)19-6-5-10(9-19)20-13-12(18-14(20)21)7-11(23-4)8-17-13/h7-8,10H,5-6,9H2,1-4H3,(H,18,21). The number of carbonyl (C=O) groups is 1. The van der Waals surface area contributed by atoms with E-state index in [1.807, 2.05) is 20.8 Å². The molecule has 1 fully saturated rings. The Morgan fingerprint density at radius 1 is 1.42 bits per heavy atom. The number of hydrogen-bond donors (Lipinski definition) is 1. The quantitative estimate of drug-likeness (QED) is 0.906. The van der Waals surface area contributed by atoms with Gasteiger partial charge in [-0.15, -0.1) is 0 Å². The summed E-state index contributed by atoms with van der Waals surface area (Å²) in [5, 5.41) is 0. The molecule has 0 radical (unpaired) electrons. The number of hydrogen-bond acceptors (Lipinski definition) is 5. The zero-order valence-corrected chi connectivity index (χ0v) is 14.3. The second-order valence-electron chi connectivity index (χ2n) is 6.92. The number of imidazole rings is 1. The Labute approximate surface area is 139 Å². The first-order chi connectivity index (χ1) is 11.3. The fourth-order valence-corrected chi connectivity index (χ4v) is 2.89. The highest BCUT2D eigenvalue weighted by atomic mass is 16.6. The fourth-order valence-electron chi connectivity index (χ4n) is 2.89. The van der Waals surface area contributed by atoms with Crippen molar-refractivity contribution in [3.63, 3.8) is 0 Å². The lowest BCUT2D eigenvalue weighted by Crippen LogP contribution is -2.36. The predicted octanol–water partition coefficient (Wildman–Crippen LogP) is 1.92. The molecular formula is C16H22N4O4. The first-order valence-electron chi connectivity index (χ1n) is 7.90. The van der Waals surface area contributed by atoms with E-state index in [0.717, 1.165) is 0 Å². The van der Waals surface area contributed by atoms with Crippen molar-refractivity contribution < 1.29 is 14.3 Å². The van der Waals surface area contributed by atoms with E-state index in [9.17, 15) is 9.59 Å². The van der Waals surface area contributed by atoms with Crippen molar-refractivity contribution in [2.75, 3.05) is 20.2 Å². The average molecular weight is 334 g/mol. The second kappa shape index (κ2) is 5.85. The molecule has 1 saturated heterocycles. The molecule has 1 N–H and O–H groups in total. The number of nitrogens with zero attached hydrogens (tertiary/aromatic N) is 3. The van der Waals surface area contributed by atoms with Crippen LogP contribution in [0.1, 0.15) is 33.2 Å². The molecule has 130 valence electrons. The number of fused-ring (bicyclic) bond motifs is 1. The molecule has 1 aliphatic heterocycles. The lowest BCUT2D eigenvalue weighted by atomic mass is 10.2. The molecular weight excluding hydrogens is 312 g/mol. The minimum absolute atomic E-state index is 0.125. The first kappa shape index (κ1) is 16.4. The van der Waals surface area contributed by atoms with Crippen LogP contribution in [0, 0.1) is 0 Å². The molecule has 2 aromatic heterocycles. The van der Waals surface area contributed by atoms with Crippen molar-refractivity contribution in [1.29, 1.82) is 0 Å². The molecule has 24 heavy (non-hydrogen) atoms. The number of aromatic amines is 1. The highest BCUT2D eigenvalue weighted by Gasteiger charge is 2.32. The number of pyridine rings is 1. The predicted molar refractivity (Wildman–Crippen MR) is 88.4 cm³/mol. The van der Waals surface area contributed by atoms with Crippen LogP contribution in [0.15, 0.2) is 17.1 Å². The summed E-state index contributed by atoms with van der Waals surface area (Å²) in [6, 6.07) is 1.61. The van der Waals surface area contributed by atoms with Crippen LogP contribution >= 0.6 is 0 Å².